The zero-order valence-electron chi connectivity index (χ0n) is 6.17. The number of aliphatic hydroxyl groups is 1. The van der Waals surface area contributed by atoms with Gasteiger partial charge in [-0.1, -0.05) is 0 Å². The average molecular weight is 355 g/mol. The van der Waals surface area contributed by atoms with Crippen molar-refractivity contribution in [3.05, 3.63) is 0 Å². The SMILES string of the molecule is CCl.CO.O.O.O.[Cl][Fe]([Cl])[Cl].[Fe]. The summed E-state index contributed by atoms with van der Waals surface area (Å²) in [5, 5.41) is 7.00. The molecule has 0 unspecified atom stereocenters. The molecule has 0 aromatic heterocycles. The average Bonchev–Trinajstić information content (AvgIpc) is 1.75. The van der Waals surface area contributed by atoms with Crippen molar-refractivity contribution in [3.63, 3.8) is 0 Å². The van der Waals surface area contributed by atoms with Gasteiger partial charge in [-0.3, -0.25) is 0 Å². The van der Waals surface area contributed by atoms with E-state index in [0.717, 1.165) is 7.11 Å². The van der Waals surface area contributed by atoms with Gasteiger partial charge in [-0.05, 0) is 0 Å². The molecule has 10 heteroatoms. The summed E-state index contributed by atoms with van der Waals surface area (Å²) in [6.45, 7) is 0. The molecule has 0 heterocycles. The van der Waals surface area contributed by atoms with Crippen LogP contribution in [0.25, 0.3) is 0 Å². The van der Waals surface area contributed by atoms with Crippen molar-refractivity contribution < 1.29 is 49.8 Å². The fourth-order valence-corrected chi connectivity index (χ4v) is 0. The molecule has 0 aromatic rings. The third-order valence-electron chi connectivity index (χ3n) is 0. The van der Waals surface area contributed by atoms with Crippen molar-refractivity contribution in [2.45, 2.75) is 0 Å². The van der Waals surface area contributed by atoms with E-state index in [2.05, 4.69) is 11.6 Å². The molecule has 0 amide bonds. The predicted molar refractivity (Wildman–Crippen MR) is 48.3 cm³/mol. The van der Waals surface area contributed by atoms with Crippen LogP contribution in [0.15, 0.2) is 0 Å². The van der Waals surface area contributed by atoms with Crippen LogP contribution < -0.4 is 0 Å². The molecule has 4 nitrogen and oxygen atoms in total. The Morgan fingerprint density at radius 3 is 0.833 bits per heavy atom. The number of hydrogen-bond donors (Lipinski definition) is 1. The maximum absolute atomic E-state index is 7.00. The minimum Gasteiger partial charge on any atom is 0 e. The Morgan fingerprint density at radius 2 is 0.833 bits per heavy atom. The van der Waals surface area contributed by atoms with Gasteiger partial charge in [0.1, 0.15) is 0 Å². The van der Waals surface area contributed by atoms with Gasteiger partial charge in [-0.2, -0.15) is 0 Å². The molecule has 7 N–H and O–H groups in total. The molecule has 89 valence electrons. The maximum atomic E-state index is 7.00. The molecule has 0 aliphatic rings. The van der Waals surface area contributed by atoms with Gasteiger partial charge in [-0.25, -0.2) is 0 Å². The topological polar surface area (TPSA) is 115 Å². The minimum atomic E-state index is -1.33. The second-order valence-electron chi connectivity index (χ2n) is 0.152. The van der Waals surface area contributed by atoms with Gasteiger partial charge in [0.25, 0.3) is 0 Å². The van der Waals surface area contributed by atoms with E-state index in [1.54, 1.807) is 0 Å². The van der Waals surface area contributed by atoms with E-state index in [1.165, 1.54) is 6.38 Å². The first-order valence-electron chi connectivity index (χ1n) is 1.23. The number of aliphatic hydroxyl groups excluding tert-OH is 1. The maximum Gasteiger partial charge on any atom is 0 e. The molecule has 0 aliphatic carbocycles. The fourth-order valence-electron chi connectivity index (χ4n) is 0. The number of alkyl halides is 1. The van der Waals surface area contributed by atoms with E-state index in [1.807, 2.05) is 0 Å². The van der Waals surface area contributed by atoms with Gasteiger partial charge < -0.3 is 21.5 Å². The number of rotatable bonds is 0. The Morgan fingerprint density at radius 1 is 0.833 bits per heavy atom. The van der Waals surface area contributed by atoms with E-state index in [-0.39, 0.29) is 33.5 Å². The van der Waals surface area contributed by atoms with Crippen molar-refractivity contribution in [1.82, 2.24) is 0 Å². The first-order chi connectivity index (χ1) is 3.73. The summed E-state index contributed by atoms with van der Waals surface area (Å²) < 4.78 is 0. The Kier molecular flexibility index (Phi) is 299. The zero-order valence-corrected chi connectivity index (χ0v) is 11.4. The van der Waals surface area contributed by atoms with Gasteiger partial charge in [0, 0.05) is 30.6 Å². The summed E-state index contributed by atoms with van der Waals surface area (Å²) in [5.41, 5.74) is 0. The normalized spacial score (nSPS) is 4.75. The minimum absolute atomic E-state index is 0. The van der Waals surface area contributed by atoms with Crippen LogP contribution in [0.4, 0.5) is 0 Å². The Hall–Kier alpha value is 2.04. The molecule has 0 atom stereocenters. The van der Waals surface area contributed by atoms with Crippen LogP contribution >= 0.6 is 41.9 Å². The third kappa shape index (κ3) is 353. The Labute approximate surface area is 104 Å². The number of hydrogen-bond acceptors (Lipinski definition) is 1. The molecule has 0 radical (unpaired) electrons. The summed E-state index contributed by atoms with van der Waals surface area (Å²) in [6.07, 6.45) is 1.47. The second-order valence-corrected chi connectivity index (χ2v) is 5.62. The fraction of sp³-hybridized carbons (Fsp3) is 1.00. The van der Waals surface area contributed by atoms with E-state index in [4.69, 9.17) is 35.4 Å². The largest absolute Gasteiger partial charge is 0 e. The monoisotopic (exact) mass is 353 g/mol. The summed E-state index contributed by atoms with van der Waals surface area (Å²) >= 11 is 3.31. The molecule has 0 fully saturated rings. The van der Waals surface area contributed by atoms with Crippen LogP contribution in [0.3, 0.4) is 0 Å². The van der Waals surface area contributed by atoms with Gasteiger partial charge in [-0.15, -0.1) is 11.6 Å². The molecule has 0 bridgehead atoms. The molecule has 0 saturated carbocycles. The first kappa shape index (κ1) is 48.2. The molecular formula is C2H13Cl4Fe2O4. The molecule has 0 saturated heterocycles. The molecule has 0 spiro atoms. The standard InChI is InChI=1S/CH3Cl.CH4O.3ClH.2Fe.3H2O/c2*1-2;;;;;;;;/h1H3;2H,1H3;3*1H;;;3*1H2/q;;;;;;+3;;;/p-3. The Balaban J connectivity index is -0.00000000575. The first-order valence-corrected chi connectivity index (χ1v) is 6.54. The third-order valence-corrected chi connectivity index (χ3v) is 0. The van der Waals surface area contributed by atoms with Crippen LogP contribution in [-0.4, -0.2) is 35.0 Å². The predicted octanol–water partition coefficient (Wildman–Crippen LogP) is 0.0529. The van der Waals surface area contributed by atoms with Crippen LogP contribution in [0, 0.1) is 0 Å². The van der Waals surface area contributed by atoms with Crippen molar-refractivity contribution in [3.8, 4) is 0 Å². The van der Waals surface area contributed by atoms with Crippen LogP contribution in [0.1, 0.15) is 0 Å². The second kappa shape index (κ2) is 74.4. The molecule has 12 heavy (non-hydrogen) atoms. The molecular weight excluding hydrogens is 342 g/mol. The van der Waals surface area contributed by atoms with Gasteiger partial charge in [0.15, 0.2) is 0 Å². The summed E-state index contributed by atoms with van der Waals surface area (Å²) in [5.74, 6) is 0. The van der Waals surface area contributed by atoms with Gasteiger partial charge in [0.05, 0.1) is 0 Å². The van der Waals surface area contributed by atoms with E-state index < -0.39 is 11.2 Å². The van der Waals surface area contributed by atoms with Crippen molar-refractivity contribution in [1.29, 1.82) is 0 Å². The molecule has 0 aromatic carbocycles. The van der Waals surface area contributed by atoms with E-state index in [9.17, 15) is 0 Å². The summed E-state index contributed by atoms with van der Waals surface area (Å²) in [6, 6.07) is 0. The van der Waals surface area contributed by atoms with Crippen LogP contribution in [-0.2, 0) is 28.2 Å². The van der Waals surface area contributed by atoms with E-state index in [0.29, 0.717) is 0 Å². The van der Waals surface area contributed by atoms with Crippen LogP contribution in [0.2, 0.25) is 0 Å². The van der Waals surface area contributed by atoms with Crippen molar-refractivity contribution in [2.75, 3.05) is 13.5 Å². The molecule has 0 rings (SSSR count). The van der Waals surface area contributed by atoms with Crippen molar-refractivity contribution in [2.24, 2.45) is 0 Å². The summed E-state index contributed by atoms with van der Waals surface area (Å²) in [4.78, 5) is 0. The van der Waals surface area contributed by atoms with Crippen LogP contribution in [0.5, 0.6) is 0 Å². The van der Waals surface area contributed by atoms with Gasteiger partial charge in [0.2, 0.25) is 0 Å². The zero-order chi connectivity index (χ0) is 7.58. The van der Waals surface area contributed by atoms with Gasteiger partial charge >= 0.3 is 41.5 Å². The quantitative estimate of drug-likeness (QED) is 0.480. The van der Waals surface area contributed by atoms with E-state index >= 15 is 0 Å². The van der Waals surface area contributed by atoms with Crippen molar-refractivity contribution >= 4 is 41.9 Å². The smallest absolute Gasteiger partial charge is 0 e. The summed E-state index contributed by atoms with van der Waals surface area (Å²) in [7, 11) is 15.7. The molecule has 0 aliphatic heterocycles. The Bertz CT molecular complexity index is 27.8. The number of halogens is 4.